The van der Waals surface area contributed by atoms with Crippen molar-refractivity contribution in [2.24, 2.45) is 10.2 Å². The molecule has 10 aromatic rings. The summed E-state index contributed by atoms with van der Waals surface area (Å²) in [5, 5.41) is 13.6. The third-order valence-corrected chi connectivity index (χ3v) is 12.4. The summed E-state index contributed by atoms with van der Waals surface area (Å²) in [4.78, 5) is 0. The fourth-order valence-corrected chi connectivity index (χ4v) is 9.80. The molecule has 0 bridgehead atoms. The van der Waals surface area contributed by atoms with E-state index in [1.807, 2.05) is 46.9 Å². The van der Waals surface area contributed by atoms with Crippen LogP contribution in [-0.4, -0.2) is 12.4 Å². The molecule has 0 saturated heterocycles. The van der Waals surface area contributed by atoms with Crippen LogP contribution in [0.3, 0.4) is 0 Å². The Kier molecular flexibility index (Phi) is 9.87. The Morgan fingerprint density at radius 3 is 1.16 bits per heavy atom. The van der Waals surface area contributed by atoms with Crippen LogP contribution in [0.1, 0.15) is 11.1 Å². The van der Waals surface area contributed by atoms with Gasteiger partial charge in [-0.05, 0) is 81.2 Å². The number of rotatable bonds is 7. The van der Waals surface area contributed by atoms with Gasteiger partial charge in [0.05, 0.1) is 0 Å². The van der Waals surface area contributed by atoms with E-state index in [4.69, 9.17) is 0 Å². The van der Waals surface area contributed by atoms with Crippen LogP contribution in [0.4, 0.5) is 0 Å². The minimum atomic E-state index is 0. The van der Waals surface area contributed by atoms with E-state index in [0.717, 1.165) is 22.3 Å². The van der Waals surface area contributed by atoms with Gasteiger partial charge in [-0.1, -0.05) is 109 Å². The Labute approximate surface area is 351 Å². The Hall–Kier alpha value is -5.41. The molecule has 55 heavy (non-hydrogen) atoms. The fraction of sp³-hybridized carbons (Fsp3) is 0. The normalized spacial score (nSPS) is 11.7. The summed E-state index contributed by atoms with van der Waals surface area (Å²) in [5.74, 6) is 0. The van der Waals surface area contributed by atoms with Gasteiger partial charge in [0.2, 0.25) is 0 Å². The zero-order chi connectivity index (χ0) is 35.8. The molecule has 0 amide bonds. The van der Waals surface area contributed by atoms with Crippen LogP contribution in [0, 0.1) is 31.1 Å². The second-order valence-electron chi connectivity index (χ2n) is 13.3. The van der Waals surface area contributed by atoms with Gasteiger partial charge in [-0.3, -0.25) is 0 Å². The molecule has 0 aliphatic rings. The van der Waals surface area contributed by atoms with E-state index in [-0.39, 0.29) is 31.1 Å². The fourth-order valence-electron chi connectivity index (χ4n) is 7.32. The van der Waals surface area contributed by atoms with Gasteiger partial charge >= 0.3 is 31.1 Å². The van der Waals surface area contributed by atoms with Crippen molar-refractivity contribution in [3.05, 3.63) is 193 Å². The Bertz CT molecular complexity index is 2840. The Morgan fingerprint density at radius 1 is 0.327 bits per heavy atom. The summed E-state index contributed by atoms with van der Waals surface area (Å²) >= 11 is 3.72. The molecule has 5 heteroatoms. The molecule has 0 saturated carbocycles. The predicted octanol–water partition coefficient (Wildman–Crippen LogP) is 14.3. The number of benzene rings is 8. The first-order chi connectivity index (χ1) is 26.7. The molecular weight excluding hydrogens is 931 g/mol. The van der Waals surface area contributed by atoms with E-state index in [0.29, 0.717) is 0 Å². The molecule has 0 N–H and O–H groups in total. The van der Waals surface area contributed by atoms with Crippen molar-refractivity contribution in [1.29, 1.82) is 0 Å². The maximum atomic E-state index is 4.17. The maximum absolute atomic E-state index is 4.17. The van der Waals surface area contributed by atoms with E-state index >= 15 is 0 Å². The molecule has 0 spiro atoms. The molecule has 2 aromatic heterocycles. The molecule has 2 heterocycles. The van der Waals surface area contributed by atoms with Crippen molar-refractivity contribution in [3.63, 3.8) is 0 Å². The first-order valence-electron chi connectivity index (χ1n) is 17.9. The first-order valence-corrected chi connectivity index (χ1v) is 19.5. The molecule has 8 aromatic carbocycles. The molecule has 0 aliphatic heterocycles. The number of fused-ring (bicyclic) bond motifs is 6. The van der Waals surface area contributed by atoms with Crippen molar-refractivity contribution in [3.8, 4) is 44.5 Å². The van der Waals surface area contributed by atoms with Gasteiger partial charge in [-0.15, -0.1) is 46.9 Å². The van der Waals surface area contributed by atoms with Gasteiger partial charge in [0.25, 0.3) is 0 Å². The van der Waals surface area contributed by atoms with Gasteiger partial charge in [0, 0.05) is 40.3 Å². The topological polar surface area (TPSA) is 24.7 Å². The van der Waals surface area contributed by atoms with Gasteiger partial charge in [0.15, 0.2) is 0 Å². The third kappa shape index (κ3) is 6.91. The SMILES string of the molecule is [C-](=NN=[C-]c1ccc(-c2cccc(-c3cccc4c3sc3ccccc34)c2)cc1)c1ccc(-c2cccc(-c3cccc4c3sc3ccccc34)c2)cc1.[U+2]. The number of thiophene rings is 2. The molecule has 0 unspecified atom stereocenters. The summed E-state index contributed by atoms with van der Waals surface area (Å²) in [6, 6.07) is 64.7. The van der Waals surface area contributed by atoms with Crippen molar-refractivity contribution in [2.45, 2.75) is 0 Å². The zero-order valence-corrected chi connectivity index (χ0v) is 35.3. The van der Waals surface area contributed by atoms with Gasteiger partial charge < -0.3 is 0 Å². The van der Waals surface area contributed by atoms with Crippen LogP contribution in [0.25, 0.3) is 84.9 Å². The molecule has 2 nitrogen and oxygen atoms in total. The zero-order valence-electron chi connectivity index (χ0n) is 29.5. The second kappa shape index (κ2) is 15.4. The summed E-state index contributed by atoms with van der Waals surface area (Å²) in [5.41, 5.74) is 11.3. The molecule has 256 valence electrons. The smallest absolute Gasteiger partial charge is 0.242 e. The maximum Gasteiger partial charge on any atom is 2.00 e. The monoisotopic (exact) mass is 960 g/mol. The van der Waals surface area contributed by atoms with Gasteiger partial charge in [-0.25, -0.2) is 10.2 Å². The summed E-state index contributed by atoms with van der Waals surface area (Å²) in [6.07, 6.45) is 6.08. The molecule has 0 fully saturated rings. The molecule has 0 radical (unpaired) electrons. The number of nitrogens with zero attached hydrogens (tertiary/aromatic N) is 2. The molecule has 0 atom stereocenters. The average Bonchev–Trinajstić information content (AvgIpc) is 3.82. The minimum Gasteiger partial charge on any atom is -0.242 e. The van der Waals surface area contributed by atoms with E-state index in [1.165, 1.54) is 73.7 Å². The minimum absolute atomic E-state index is 0. The van der Waals surface area contributed by atoms with Crippen LogP contribution in [-0.2, 0) is 0 Å². The summed E-state index contributed by atoms with van der Waals surface area (Å²) in [7, 11) is 0. The van der Waals surface area contributed by atoms with Crippen LogP contribution < -0.4 is 0 Å². The van der Waals surface area contributed by atoms with Crippen molar-refractivity contribution in [2.75, 3.05) is 0 Å². The van der Waals surface area contributed by atoms with Crippen LogP contribution in [0.15, 0.2) is 192 Å². The van der Waals surface area contributed by atoms with Crippen LogP contribution >= 0.6 is 22.7 Å². The van der Waals surface area contributed by atoms with Crippen LogP contribution in [0.2, 0.25) is 0 Å². The van der Waals surface area contributed by atoms with Gasteiger partial charge in [-0.2, -0.15) is 35.4 Å². The largest absolute Gasteiger partial charge is 2.00 e. The Morgan fingerprint density at radius 2 is 0.709 bits per heavy atom. The molecule has 10 rings (SSSR count). The van der Waals surface area contributed by atoms with Gasteiger partial charge in [0.1, 0.15) is 0 Å². The van der Waals surface area contributed by atoms with Crippen molar-refractivity contribution >= 4 is 75.4 Å². The number of hydrogen-bond donors (Lipinski definition) is 0. The second-order valence-corrected chi connectivity index (χ2v) is 15.4. The summed E-state index contributed by atoms with van der Waals surface area (Å²) < 4.78 is 5.29. The van der Waals surface area contributed by atoms with Crippen molar-refractivity contribution in [1.82, 2.24) is 0 Å². The third-order valence-electron chi connectivity index (χ3n) is 10.0. The van der Waals surface area contributed by atoms with E-state index in [9.17, 15) is 0 Å². The Balaban J connectivity index is 0.00000397. The van der Waals surface area contributed by atoms with Crippen molar-refractivity contribution < 1.29 is 31.1 Å². The molecule has 0 aliphatic carbocycles. The van der Waals surface area contributed by atoms with E-state index < -0.39 is 0 Å². The standard InChI is InChI=1S/C50H30N2S2.U/c1-3-19-47-43(13-1)45-17-7-15-41(49(45)53-47)39-11-5-9-37(29-39)35-25-21-33(22-26-35)31-51-52-32-34-23-27-36(28-24-34)38-10-6-12-40(30-38)42-16-8-18-46-44-14-2-4-20-48(44)54-50(42)46;/h1-30H;/q-2;+2. The van der Waals surface area contributed by atoms with Crippen LogP contribution in [0.5, 0.6) is 0 Å². The quantitative estimate of drug-likeness (QED) is 0.0864. The summed E-state index contributed by atoms with van der Waals surface area (Å²) in [6.45, 7) is 0. The predicted molar refractivity (Wildman–Crippen MR) is 233 cm³/mol. The number of hydrogen-bond acceptors (Lipinski definition) is 4. The van der Waals surface area contributed by atoms with E-state index in [2.05, 4.69) is 180 Å². The molecular formula is C50H30N2S2U. The average molecular weight is 961 g/mol. The first kappa shape index (κ1) is 35.3. The van der Waals surface area contributed by atoms with E-state index in [1.54, 1.807) is 0 Å².